The molecule has 29 heavy (non-hydrogen) atoms. The van der Waals surface area contributed by atoms with Crippen LogP contribution in [0.15, 0.2) is 51.9 Å². The molecule has 3 N–H and O–H groups in total. The highest BCUT2D eigenvalue weighted by atomic mass is 127. The lowest BCUT2D eigenvalue weighted by atomic mass is 10.1. The van der Waals surface area contributed by atoms with E-state index in [1.807, 2.05) is 49.4 Å². The van der Waals surface area contributed by atoms with Gasteiger partial charge in [-0.25, -0.2) is 0 Å². The van der Waals surface area contributed by atoms with Gasteiger partial charge in [0.25, 0.3) is 0 Å². The highest BCUT2D eigenvalue weighted by Crippen LogP contribution is 2.20. The first-order valence-corrected chi connectivity index (χ1v) is 9.95. The molecular formula is C21H28BrIN4O2. The molecule has 0 heterocycles. The number of rotatable bonds is 8. The Morgan fingerprint density at radius 2 is 1.86 bits per heavy atom. The minimum atomic E-state index is -0.0434. The van der Waals surface area contributed by atoms with Gasteiger partial charge in [-0.2, -0.15) is 0 Å². The van der Waals surface area contributed by atoms with Crippen LogP contribution in [0.25, 0.3) is 0 Å². The molecule has 0 saturated heterocycles. The van der Waals surface area contributed by atoms with Crippen molar-refractivity contribution in [3.05, 3.63) is 58.1 Å². The van der Waals surface area contributed by atoms with E-state index in [9.17, 15) is 4.79 Å². The first-order valence-electron chi connectivity index (χ1n) is 9.16. The largest absolute Gasteiger partial charge is 0.496 e. The van der Waals surface area contributed by atoms with Gasteiger partial charge in [-0.05, 0) is 42.7 Å². The Kier molecular flexibility index (Phi) is 11.7. The fourth-order valence-electron chi connectivity index (χ4n) is 2.68. The van der Waals surface area contributed by atoms with Gasteiger partial charge in [-0.3, -0.25) is 9.79 Å². The van der Waals surface area contributed by atoms with Crippen molar-refractivity contribution in [1.29, 1.82) is 0 Å². The van der Waals surface area contributed by atoms with Crippen molar-refractivity contribution < 1.29 is 9.53 Å². The van der Waals surface area contributed by atoms with Crippen molar-refractivity contribution in [1.82, 2.24) is 10.6 Å². The van der Waals surface area contributed by atoms with Gasteiger partial charge in [-0.15, -0.1) is 24.0 Å². The van der Waals surface area contributed by atoms with Gasteiger partial charge in [0.2, 0.25) is 5.91 Å². The summed E-state index contributed by atoms with van der Waals surface area (Å²) in [6, 6.07) is 13.8. The van der Waals surface area contributed by atoms with Gasteiger partial charge in [0.15, 0.2) is 5.96 Å². The molecule has 8 heteroatoms. The number of guanidine groups is 1. The number of para-hydroxylation sites is 1. The number of carbonyl (C=O) groups is 1. The second kappa shape index (κ2) is 13.4. The quantitative estimate of drug-likeness (QED) is 0.252. The fraction of sp³-hybridized carbons (Fsp3) is 0.333. The maximum atomic E-state index is 12.2. The van der Waals surface area contributed by atoms with E-state index in [1.165, 1.54) is 0 Å². The van der Waals surface area contributed by atoms with Crippen LogP contribution >= 0.6 is 39.9 Å². The smallest absolute Gasteiger partial charge is 0.226 e. The molecule has 158 valence electrons. The molecule has 1 amide bonds. The zero-order valence-corrected chi connectivity index (χ0v) is 20.8. The molecule has 0 radical (unpaired) electrons. The summed E-state index contributed by atoms with van der Waals surface area (Å²) in [5.41, 5.74) is 2.98. The number of amides is 1. The third-order valence-corrected chi connectivity index (χ3v) is 4.71. The van der Waals surface area contributed by atoms with Crippen molar-refractivity contribution >= 4 is 57.5 Å². The summed E-state index contributed by atoms with van der Waals surface area (Å²) >= 11 is 3.42. The molecule has 0 aliphatic carbocycles. The van der Waals surface area contributed by atoms with Gasteiger partial charge >= 0.3 is 0 Å². The number of hydrogen-bond acceptors (Lipinski definition) is 3. The highest BCUT2D eigenvalue weighted by Gasteiger charge is 2.07. The first-order chi connectivity index (χ1) is 13.5. The summed E-state index contributed by atoms with van der Waals surface area (Å²) in [7, 11) is 3.39. The number of nitrogens with one attached hydrogen (secondary N) is 3. The molecule has 2 aromatic rings. The number of aryl methyl sites for hydroxylation is 1. The number of ether oxygens (including phenoxy) is 1. The summed E-state index contributed by atoms with van der Waals surface area (Å²) in [6.45, 7) is 3.17. The number of benzene rings is 2. The van der Waals surface area contributed by atoms with E-state index in [0.717, 1.165) is 33.5 Å². The van der Waals surface area contributed by atoms with E-state index in [4.69, 9.17) is 4.74 Å². The average Bonchev–Trinajstić information content (AvgIpc) is 2.70. The molecule has 0 saturated carbocycles. The van der Waals surface area contributed by atoms with E-state index in [-0.39, 0.29) is 29.9 Å². The molecule has 0 aliphatic heterocycles. The van der Waals surface area contributed by atoms with Crippen molar-refractivity contribution in [3.63, 3.8) is 0 Å². The number of aliphatic imine (C=N–C) groups is 1. The standard InChI is InChI=1S/C21H27BrN4O2.HI/c1-15-8-9-17(22)14-18(15)26-20(27)11-13-25-21(23-2)24-12-10-16-6-4-5-7-19(16)28-3;/h4-9,14H,10-13H2,1-3H3,(H,26,27)(H2,23,24,25);1H. The van der Waals surface area contributed by atoms with Gasteiger partial charge in [0, 0.05) is 36.7 Å². The number of anilines is 1. The molecule has 0 aliphatic rings. The lowest BCUT2D eigenvalue weighted by Crippen LogP contribution is -2.39. The topological polar surface area (TPSA) is 74.8 Å². The van der Waals surface area contributed by atoms with Crippen LogP contribution in [-0.2, 0) is 11.2 Å². The third kappa shape index (κ3) is 8.61. The van der Waals surface area contributed by atoms with Crippen molar-refractivity contribution in [2.24, 2.45) is 4.99 Å². The highest BCUT2D eigenvalue weighted by molar-refractivity contribution is 14.0. The van der Waals surface area contributed by atoms with Crippen LogP contribution in [0.5, 0.6) is 5.75 Å². The Balaban J connectivity index is 0.00000420. The zero-order valence-electron chi connectivity index (χ0n) is 16.9. The van der Waals surface area contributed by atoms with E-state index in [0.29, 0.717) is 25.5 Å². The summed E-state index contributed by atoms with van der Waals surface area (Å²) < 4.78 is 6.30. The van der Waals surface area contributed by atoms with Crippen molar-refractivity contribution in [3.8, 4) is 5.75 Å². The summed E-state index contributed by atoms with van der Waals surface area (Å²) in [5, 5.41) is 9.36. The van der Waals surface area contributed by atoms with Crippen LogP contribution < -0.4 is 20.7 Å². The monoisotopic (exact) mass is 574 g/mol. The number of methoxy groups -OCH3 is 1. The maximum Gasteiger partial charge on any atom is 0.226 e. The Morgan fingerprint density at radius 3 is 2.59 bits per heavy atom. The molecule has 0 fully saturated rings. The average molecular weight is 575 g/mol. The lowest BCUT2D eigenvalue weighted by Gasteiger charge is -2.13. The van der Waals surface area contributed by atoms with Gasteiger partial charge in [0.1, 0.15) is 5.75 Å². The van der Waals surface area contributed by atoms with Crippen LogP contribution in [0.2, 0.25) is 0 Å². The minimum absolute atomic E-state index is 0. The van der Waals surface area contributed by atoms with Crippen LogP contribution in [0.3, 0.4) is 0 Å². The van der Waals surface area contributed by atoms with E-state index >= 15 is 0 Å². The molecule has 2 aromatic carbocycles. The molecule has 0 bridgehead atoms. The lowest BCUT2D eigenvalue weighted by molar-refractivity contribution is -0.116. The predicted octanol–water partition coefficient (Wildman–Crippen LogP) is 4.12. The first kappa shape index (κ1) is 25.2. The Labute approximate surface area is 198 Å². The number of hydrogen-bond donors (Lipinski definition) is 3. The summed E-state index contributed by atoms with van der Waals surface area (Å²) in [5.74, 6) is 1.51. The van der Waals surface area contributed by atoms with Crippen LogP contribution in [0.4, 0.5) is 5.69 Å². The fourth-order valence-corrected chi connectivity index (χ4v) is 3.04. The van der Waals surface area contributed by atoms with E-state index in [1.54, 1.807) is 14.2 Å². The van der Waals surface area contributed by atoms with Crippen molar-refractivity contribution in [2.75, 3.05) is 32.6 Å². The molecular weight excluding hydrogens is 547 g/mol. The maximum absolute atomic E-state index is 12.2. The van der Waals surface area contributed by atoms with Crippen LogP contribution in [-0.4, -0.2) is 39.1 Å². The van der Waals surface area contributed by atoms with Gasteiger partial charge in [-0.1, -0.05) is 40.2 Å². The molecule has 6 nitrogen and oxygen atoms in total. The minimum Gasteiger partial charge on any atom is -0.496 e. The Morgan fingerprint density at radius 1 is 1.14 bits per heavy atom. The van der Waals surface area contributed by atoms with Crippen LogP contribution in [0.1, 0.15) is 17.5 Å². The zero-order chi connectivity index (χ0) is 20.4. The Bertz CT molecular complexity index is 830. The number of nitrogens with zero attached hydrogens (tertiary/aromatic N) is 1. The summed E-state index contributed by atoms with van der Waals surface area (Å²) in [6.07, 6.45) is 1.16. The molecule has 0 atom stereocenters. The van der Waals surface area contributed by atoms with E-state index in [2.05, 4.69) is 36.9 Å². The molecule has 0 spiro atoms. The predicted molar refractivity (Wildman–Crippen MR) is 134 cm³/mol. The van der Waals surface area contributed by atoms with Crippen LogP contribution in [0, 0.1) is 6.92 Å². The van der Waals surface area contributed by atoms with Crippen molar-refractivity contribution in [2.45, 2.75) is 19.8 Å². The SMILES string of the molecule is CN=C(NCCC(=O)Nc1cc(Br)ccc1C)NCCc1ccccc1OC.I. The summed E-state index contributed by atoms with van der Waals surface area (Å²) in [4.78, 5) is 16.4. The van der Waals surface area contributed by atoms with Gasteiger partial charge < -0.3 is 20.7 Å². The second-order valence-corrected chi connectivity index (χ2v) is 7.16. The Hall–Kier alpha value is -1.81. The third-order valence-electron chi connectivity index (χ3n) is 4.22. The molecule has 0 unspecified atom stereocenters. The molecule has 0 aromatic heterocycles. The normalized spacial score (nSPS) is 10.7. The number of halogens is 2. The number of carbonyl (C=O) groups excluding carboxylic acids is 1. The van der Waals surface area contributed by atoms with Gasteiger partial charge in [0.05, 0.1) is 7.11 Å². The van der Waals surface area contributed by atoms with E-state index < -0.39 is 0 Å². The second-order valence-electron chi connectivity index (χ2n) is 6.25. The molecule has 2 rings (SSSR count).